The summed E-state index contributed by atoms with van der Waals surface area (Å²) >= 11 is 0. The molecule has 0 aliphatic rings. The number of carboxylic acid groups (broad SMARTS) is 1. The van der Waals surface area contributed by atoms with Gasteiger partial charge >= 0.3 is 12.0 Å². The lowest BCUT2D eigenvalue weighted by Gasteiger charge is -2.15. The van der Waals surface area contributed by atoms with Crippen molar-refractivity contribution in [3.63, 3.8) is 0 Å². The maximum Gasteiger partial charge on any atom is 0.330 e. The number of benzene rings is 1. The zero-order valence-corrected chi connectivity index (χ0v) is 10.9. The lowest BCUT2D eigenvalue weighted by molar-refractivity contribution is -0.139. The number of aromatic nitrogens is 1. The number of nitrogens with zero attached hydrogens (tertiary/aromatic N) is 1. The van der Waals surface area contributed by atoms with Gasteiger partial charge in [0.05, 0.1) is 6.20 Å². The second-order valence-electron chi connectivity index (χ2n) is 4.17. The molecular formula is C14H13N3O4. The second-order valence-corrected chi connectivity index (χ2v) is 4.17. The summed E-state index contributed by atoms with van der Waals surface area (Å²) in [4.78, 5) is 26.8. The lowest BCUT2D eigenvalue weighted by Crippen LogP contribution is -2.36. The number of aliphatic carboxylic acids is 1. The van der Waals surface area contributed by atoms with Crippen molar-refractivity contribution in [2.75, 3.05) is 5.32 Å². The van der Waals surface area contributed by atoms with E-state index in [2.05, 4.69) is 15.6 Å². The van der Waals surface area contributed by atoms with Crippen LogP contribution in [0.5, 0.6) is 5.75 Å². The number of anilines is 1. The van der Waals surface area contributed by atoms with E-state index in [0.29, 0.717) is 5.56 Å². The fourth-order valence-electron chi connectivity index (χ4n) is 1.71. The summed E-state index contributed by atoms with van der Waals surface area (Å²) in [6.45, 7) is 0. The van der Waals surface area contributed by atoms with Crippen molar-refractivity contribution in [3.05, 3.63) is 54.4 Å². The first-order valence-electron chi connectivity index (χ1n) is 6.06. The molecule has 1 heterocycles. The highest BCUT2D eigenvalue weighted by molar-refractivity contribution is 5.93. The molecule has 2 aromatic rings. The van der Waals surface area contributed by atoms with Crippen LogP contribution in [0.25, 0.3) is 0 Å². The van der Waals surface area contributed by atoms with Gasteiger partial charge in [0.15, 0.2) is 6.04 Å². The third-order valence-electron chi connectivity index (χ3n) is 2.70. The van der Waals surface area contributed by atoms with Gasteiger partial charge in [0.25, 0.3) is 0 Å². The number of rotatable bonds is 4. The molecule has 1 aromatic heterocycles. The summed E-state index contributed by atoms with van der Waals surface area (Å²) in [6, 6.07) is 7.66. The fraction of sp³-hybridized carbons (Fsp3) is 0.0714. The van der Waals surface area contributed by atoms with Gasteiger partial charge in [-0.2, -0.15) is 0 Å². The molecule has 2 amide bonds. The number of hydrogen-bond acceptors (Lipinski definition) is 4. The summed E-state index contributed by atoms with van der Waals surface area (Å²) in [6.07, 6.45) is 2.62. The normalized spacial score (nSPS) is 11.4. The number of aromatic hydroxyl groups is 1. The molecule has 0 radical (unpaired) electrons. The highest BCUT2D eigenvalue weighted by Gasteiger charge is 2.22. The van der Waals surface area contributed by atoms with Gasteiger partial charge in [-0.15, -0.1) is 0 Å². The fourth-order valence-corrected chi connectivity index (χ4v) is 1.71. The van der Waals surface area contributed by atoms with Crippen LogP contribution < -0.4 is 10.6 Å². The predicted molar refractivity (Wildman–Crippen MR) is 74.9 cm³/mol. The number of carboxylic acids is 1. The Labute approximate surface area is 120 Å². The maximum absolute atomic E-state index is 11.8. The van der Waals surface area contributed by atoms with Gasteiger partial charge in [0.2, 0.25) is 0 Å². The van der Waals surface area contributed by atoms with Gasteiger partial charge in [-0.1, -0.05) is 30.3 Å². The minimum atomic E-state index is -1.19. The van der Waals surface area contributed by atoms with Crippen molar-refractivity contribution in [1.29, 1.82) is 0 Å². The molecule has 0 aliphatic heterocycles. The largest absolute Gasteiger partial charge is 0.506 e. The molecule has 108 valence electrons. The summed E-state index contributed by atoms with van der Waals surface area (Å²) in [5.41, 5.74) is 0.530. The Balaban J connectivity index is 2.10. The minimum absolute atomic E-state index is 0.0900. The van der Waals surface area contributed by atoms with E-state index >= 15 is 0 Å². The predicted octanol–water partition coefficient (Wildman–Crippen LogP) is 1.73. The van der Waals surface area contributed by atoms with E-state index in [4.69, 9.17) is 0 Å². The third kappa shape index (κ3) is 3.69. The van der Waals surface area contributed by atoms with Crippen molar-refractivity contribution in [3.8, 4) is 5.75 Å². The molecule has 0 spiro atoms. The molecular weight excluding hydrogens is 274 g/mol. The maximum atomic E-state index is 11.8. The molecule has 0 fully saturated rings. The highest BCUT2D eigenvalue weighted by atomic mass is 16.4. The zero-order valence-electron chi connectivity index (χ0n) is 10.9. The van der Waals surface area contributed by atoms with E-state index in [9.17, 15) is 19.8 Å². The van der Waals surface area contributed by atoms with Crippen LogP contribution in [0.4, 0.5) is 10.5 Å². The topological polar surface area (TPSA) is 112 Å². The third-order valence-corrected chi connectivity index (χ3v) is 2.70. The van der Waals surface area contributed by atoms with E-state index in [0.717, 1.165) is 0 Å². The van der Waals surface area contributed by atoms with Gasteiger partial charge in [0, 0.05) is 12.3 Å². The number of nitrogens with one attached hydrogen (secondary N) is 2. The lowest BCUT2D eigenvalue weighted by atomic mass is 10.1. The van der Waals surface area contributed by atoms with E-state index in [-0.39, 0.29) is 11.4 Å². The Morgan fingerprint density at radius 3 is 2.48 bits per heavy atom. The highest BCUT2D eigenvalue weighted by Crippen LogP contribution is 2.20. The van der Waals surface area contributed by atoms with Crippen LogP contribution in [0.3, 0.4) is 0 Å². The monoisotopic (exact) mass is 287 g/mol. The molecule has 7 nitrogen and oxygen atoms in total. The van der Waals surface area contributed by atoms with E-state index in [1.807, 2.05) is 0 Å². The quantitative estimate of drug-likeness (QED) is 0.684. The molecule has 1 atom stereocenters. The number of pyridine rings is 1. The van der Waals surface area contributed by atoms with Gasteiger partial charge in [-0.3, -0.25) is 4.98 Å². The van der Waals surface area contributed by atoms with Crippen LogP contribution in [-0.4, -0.2) is 27.2 Å². The van der Waals surface area contributed by atoms with Crippen molar-refractivity contribution >= 4 is 17.7 Å². The molecule has 4 N–H and O–H groups in total. The first kappa shape index (κ1) is 14.3. The molecule has 0 aliphatic carbocycles. The Morgan fingerprint density at radius 2 is 1.86 bits per heavy atom. The molecule has 0 saturated heterocycles. The molecule has 21 heavy (non-hydrogen) atoms. The summed E-state index contributed by atoms with van der Waals surface area (Å²) in [5, 5.41) is 23.4. The standard InChI is InChI=1S/C14H13N3O4/c18-11-6-7-15-8-10(11)16-14(21)17-12(13(19)20)9-4-2-1-3-5-9/h1-8,12H,(H,15,18)(H,19,20)(H2,16,17,21). The Morgan fingerprint density at radius 1 is 1.14 bits per heavy atom. The molecule has 1 unspecified atom stereocenters. The summed E-state index contributed by atoms with van der Waals surface area (Å²) < 4.78 is 0. The first-order valence-corrected chi connectivity index (χ1v) is 6.06. The number of carbonyl (C=O) groups is 2. The number of amides is 2. The minimum Gasteiger partial charge on any atom is -0.506 e. The zero-order chi connectivity index (χ0) is 15.2. The Kier molecular flexibility index (Phi) is 4.35. The molecule has 0 saturated carbocycles. The van der Waals surface area contributed by atoms with E-state index < -0.39 is 18.0 Å². The van der Waals surface area contributed by atoms with Crippen LogP contribution in [0, 0.1) is 0 Å². The van der Waals surface area contributed by atoms with Crippen molar-refractivity contribution in [2.45, 2.75) is 6.04 Å². The molecule has 7 heteroatoms. The molecule has 0 bridgehead atoms. The van der Waals surface area contributed by atoms with Crippen molar-refractivity contribution in [2.24, 2.45) is 0 Å². The van der Waals surface area contributed by atoms with Gasteiger partial charge in [-0.25, -0.2) is 9.59 Å². The smallest absolute Gasteiger partial charge is 0.330 e. The van der Waals surface area contributed by atoms with Crippen LogP contribution in [-0.2, 0) is 4.79 Å². The average Bonchev–Trinajstić information content (AvgIpc) is 2.48. The van der Waals surface area contributed by atoms with Crippen molar-refractivity contribution in [1.82, 2.24) is 10.3 Å². The van der Waals surface area contributed by atoms with Crippen molar-refractivity contribution < 1.29 is 19.8 Å². The van der Waals surface area contributed by atoms with Gasteiger partial charge in [0.1, 0.15) is 11.4 Å². The Hall–Kier alpha value is -3.09. The van der Waals surface area contributed by atoms with E-state index in [1.54, 1.807) is 30.3 Å². The second kappa shape index (κ2) is 6.38. The molecule has 2 rings (SSSR count). The SMILES string of the molecule is O=C(Nc1cnccc1O)NC(C(=O)O)c1ccccc1. The Bertz CT molecular complexity index is 646. The van der Waals surface area contributed by atoms with E-state index in [1.165, 1.54) is 18.5 Å². The first-order chi connectivity index (χ1) is 10.1. The molecule has 1 aromatic carbocycles. The van der Waals surface area contributed by atoms with Crippen LogP contribution in [0.1, 0.15) is 11.6 Å². The number of hydrogen-bond donors (Lipinski definition) is 4. The summed E-state index contributed by atoms with van der Waals surface area (Å²) in [5.74, 6) is -1.35. The van der Waals surface area contributed by atoms with Crippen LogP contribution in [0.2, 0.25) is 0 Å². The van der Waals surface area contributed by atoms with Gasteiger partial charge in [-0.05, 0) is 5.56 Å². The number of urea groups is 1. The number of carbonyl (C=O) groups excluding carboxylic acids is 1. The van der Waals surface area contributed by atoms with Crippen LogP contribution >= 0.6 is 0 Å². The van der Waals surface area contributed by atoms with Gasteiger partial charge < -0.3 is 20.8 Å². The summed E-state index contributed by atoms with van der Waals surface area (Å²) in [7, 11) is 0. The van der Waals surface area contributed by atoms with Crippen LogP contribution in [0.15, 0.2) is 48.8 Å². The average molecular weight is 287 g/mol.